The molecule has 0 saturated carbocycles. The summed E-state index contributed by atoms with van der Waals surface area (Å²) >= 11 is 2.64. The SMILES string of the molecule is CCC(Sc1cccc(NC(=O)c2cccc(OC)c2)c1)C(=O)Nc1nc(-c2cccc([N+](=O)[O-])c2)cs1. The van der Waals surface area contributed by atoms with Crippen LogP contribution in [0.5, 0.6) is 5.75 Å². The topological polar surface area (TPSA) is 123 Å². The molecule has 4 rings (SSSR count). The number of thiazole rings is 1. The summed E-state index contributed by atoms with van der Waals surface area (Å²) in [7, 11) is 1.54. The van der Waals surface area contributed by atoms with Crippen LogP contribution >= 0.6 is 23.1 Å². The van der Waals surface area contributed by atoms with Gasteiger partial charge in [0.2, 0.25) is 5.91 Å². The molecule has 38 heavy (non-hydrogen) atoms. The van der Waals surface area contributed by atoms with Gasteiger partial charge in [-0.2, -0.15) is 0 Å². The van der Waals surface area contributed by atoms with Crippen LogP contribution in [0.15, 0.2) is 83.1 Å². The highest BCUT2D eigenvalue weighted by molar-refractivity contribution is 8.00. The van der Waals surface area contributed by atoms with Gasteiger partial charge in [0.15, 0.2) is 5.13 Å². The van der Waals surface area contributed by atoms with Gasteiger partial charge in [0.1, 0.15) is 5.75 Å². The van der Waals surface area contributed by atoms with E-state index in [0.717, 1.165) is 4.90 Å². The number of rotatable bonds is 10. The third kappa shape index (κ3) is 6.75. The summed E-state index contributed by atoms with van der Waals surface area (Å²) in [6.07, 6.45) is 0.569. The van der Waals surface area contributed by atoms with Crippen molar-refractivity contribution in [3.8, 4) is 17.0 Å². The monoisotopic (exact) mass is 548 g/mol. The van der Waals surface area contributed by atoms with Crippen molar-refractivity contribution in [1.29, 1.82) is 0 Å². The number of ether oxygens (including phenoxy) is 1. The van der Waals surface area contributed by atoms with Gasteiger partial charge in [0.05, 0.1) is 23.0 Å². The van der Waals surface area contributed by atoms with Crippen molar-refractivity contribution < 1.29 is 19.2 Å². The molecule has 2 N–H and O–H groups in total. The molecule has 0 spiro atoms. The Hall–Kier alpha value is -4.22. The highest BCUT2D eigenvalue weighted by atomic mass is 32.2. The van der Waals surface area contributed by atoms with E-state index in [-0.39, 0.29) is 17.5 Å². The smallest absolute Gasteiger partial charge is 0.270 e. The number of methoxy groups -OCH3 is 1. The molecule has 0 aliphatic rings. The van der Waals surface area contributed by atoms with Crippen LogP contribution in [0.2, 0.25) is 0 Å². The van der Waals surface area contributed by atoms with Gasteiger partial charge >= 0.3 is 0 Å². The average molecular weight is 549 g/mol. The number of anilines is 2. The highest BCUT2D eigenvalue weighted by Gasteiger charge is 2.20. The fraction of sp³-hybridized carbons (Fsp3) is 0.148. The van der Waals surface area contributed by atoms with Crippen LogP contribution in [0.3, 0.4) is 0 Å². The first-order valence-corrected chi connectivity index (χ1v) is 13.4. The van der Waals surface area contributed by atoms with Crippen LogP contribution in [0, 0.1) is 10.1 Å². The Bertz CT molecular complexity index is 1470. The molecule has 9 nitrogen and oxygen atoms in total. The Morgan fingerprint density at radius 3 is 2.63 bits per heavy atom. The summed E-state index contributed by atoms with van der Waals surface area (Å²) in [6.45, 7) is 1.92. The molecule has 4 aromatic rings. The molecule has 0 saturated heterocycles. The molecule has 1 unspecified atom stereocenters. The first-order chi connectivity index (χ1) is 18.4. The second-order valence-electron chi connectivity index (χ2n) is 8.06. The van der Waals surface area contributed by atoms with E-state index in [1.807, 2.05) is 25.1 Å². The lowest BCUT2D eigenvalue weighted by atomic mass is 10.1. The molecule has 0 aliphatic carbocycles. The molecule has 1 atom stereocenters. The number of amides is 2. The third-order valence-corrected chi connectivity index (χ3v) is 7.57. The van der Waals surface area contributed by atoms with Gasteiger partial charge in [-0.1, -0.05) is 31.2 Å². The van der Waals surface area contributed by atoms with Gasteiger partial charge in [-0.3, -0.25) is 19.7 Å². The van der Waals surface area contributed by atoms with E-state index < -0.39 is 10.2 Å². The Morgan fingerprint density at radius 1 is 1.08 bits per heavy atom. The first kappa shape index (κ1) is 26.8. The van der Waals surface area contributed by atoms with Crippen molar-refractivity contribution in [2.45, 2.75) is 23.5 Å². The molecule has 0 aliphatic heterocycles. The fourth-order valence-electron chi connectivity index (χ4n) is 3.53. The number of hydrogen-bond acceptors (Lipinski definition) is 8. The quantitative estimate of drug-likeness (QED) is 0.132. The summed E-state index contributed by atoms with van der Waals surface area (Å²) in [6, 6.07) is 20.4. The maximum absolute atomic E-state index is 13.0. The second-order valence-corrected chi connectivity index (χ2v) is 10.2. The third-order valence-electron chi connectivity index (χ3n) is 5.45. The maximum Gasteiger partial charge on any atom is 0.270 e. The molecule has 0 radical (unpaired) electrons. The summed E-state index contributed by atoms with van der Waals surface area (Å²) in [5.74, 6) is 0.124. The van der Waals surface area contributed by atoms with Crippen LogP contribution < -0.4 is 15.4 Å². The minimum Gasteiger partial charge on any atom is -0.497 e. The van der Waals surface area contributed by atoms with E-state index in [9.17, 15) is 19.7 Å². The first-order valence-electron chi connectivity index (χ1n) is 11.6. The fourth-order valence-corrected chi connectivity index (χ4v) is 5.27. The number of aromatic nitrogens is 1. The molecule has 1 aromatic heterocycles. The highest BCUT2D eigenvalue weighted by Crippen LogP contribution is 2.31. The van der Waals surface area contributed by atoms with Gasteiger partial charge in [0, 0.05) is 39.2 Å². The van der Waals surface area contributed by atoms with Crippen molar-refractivity contribution in [2.24, 2.45) is 0 Å². The lowest BCUT2D eigenvalue weighted by Crippen LogP contribution is -2.24. The van der Waals surface area contributed by atoms with Gasteiger partial charge in [0.25, 0.3) is 11.6 Å². The number of hydrogen-bond donors (Lipinski definition) is 2. The lowest BCUT2D eigenvalue weighted by molar-refractivity contribution is -0.384. The molecule has 1 heterocycles. The Balaban J connectivity index is 1.40. The van der Waals surface area contributed by atoms with Crippen LogP contribution in [-0.2, 0) is 4.79 Å². The largest absolute Gasteiger partial charge is 0.497 e. The number of nitro benzene ring substituents is 1. The van der Waals surface area contributed by atoms with Crippen molar-refractivity contribution in [3.05, 3.63) is 93.9 Å². The minimum absolute atomic E-state index is 0.0227. The zero-order chi connectivity index (χ0) is 27.1. The van der Waals surface area contributed by atoms with Crippen molar-refractivity contribution in [2.75, 3.05) is 17.7 Å². The number of carbonyl (C=O) groups excluding carboxylic acids is 2. The number of nitro groups is 1. The normalized spacial score (nSPS) is 11.4. The number of nitrogens with one attached hydrogen (secondary N) is 2. The summed E-state index contributed by atoms with van der Waals surface area (Å²) in [5.41, 5.74) is 2.21. The molecule has 2 amide bonds. The van der Waals surface area contributed by atoms with E-state index in [1.165, 1.54) is 35.2 Å². The summed E-state index contributed by atoms with van der Waals surface area (Å²) in [5, 5.41) is 18.6. The molecule has 0 fully saturated rings. The number of non-ortho nitro benzene ring substituents is 1. The second kappa shape index (κ2) is 12.3. The maximum atomic E-state index is 13.0. The van der Waals surface area contributed by atoms with E-state index >= 15 is 0 Å². The van der Waals surface area contributed by atoms with Crippen LogP contribution in [-0.4, -0.2) is 34.1 Å². The van der Waals surface area contributed by atoms with Crippen LogP contribution in [0.4, 0.5) is 16.5 Å². The molecule has 3 aromatic carbocycles. The number of nitrogens with zero attached hydrogens (tertiary/aromatic N) is 2. The van der Waals surface area contributed by atoms with Gasteiger partial charge in [-0.05, 0) is 42.8 Å². The molecule has 0 bridgehead atoms. The number of carbonyl (C=O) groups is 2. The average Bonchev–Trinajstić information content (AvgIpc) is 3.40. The van der Waals surface area contributed by atoms with E-state index in [4.69, 9.17) is 4.74 Å². The van der Waals surface area contributed by atoms with E-state index in [1.54, 1.807) is 55.0 Å². The molecule has 11 heteroatoms. The number of benzene rings is 3. The summed E-state index contributed by atoms with van der Waals surface area (Å²) < 4.78 is 5.18. The van der Waals surface area contributed by atoms with E-state index in [0.29, 0.717) is 39.8 Å². The Labute approximate surface area is 227 Å². The molecule has 194 valence electrons. The summed E-state index contributed by atoms with van der Waals surface area (Å²) in [4.78, 5) is 41.5. The Kier molecular flexibility index (Phi) is 8.72. The standard InChI is InChI=1S/C27H24N4O5S2/c1-3-24(26(33)30-27-29-23(16-37-27)17-7-4-10-20(13-17)31(34)35)38-22-12-6-9-19(15-22)28-25(32)18-8-5-11-21(14-18)36-2/h4-16,24H,3H2,1-2H3,(H,28,32)(H,29,30,33). The predicted molar refractivity (Wildman–Crippen MR) is 150 cm³/mol. The predicted octanol–water partition coefficient (Wildman–Crippen LogP) is 6.49. The molecular formula is C27H24N4O5S2. The Morgan fingerprint density at radius 2 is 1.87 bits per heavy atom. The molecular weight excluding hydrogens is 524 g/mol. The lowest BCUT2D eigenvalue weighted by Gasteiger charge is -2.14. The van der Waals surface area contributed by atoms with Gasteiger partial charge in [-0.25, -0.2) is 4.98 Å². The minimum atomic E-state index is -0.457. The van der Waals surface area contributed by atoms with E-state index in [2.05, 4.69) is 15.6 Å². The number of thioether (sulfide) groups is 1. The van der Waals surface area contributed by atoms with Gasteiger partial charge < -0.3 is 15.4 Å². The van der Waals surface area contributed by atoms with Crippen molar-refractivity contribution in [1.82, 2.24) is 4.98 Å². The van der Waals surface area contributed by atoms with Gasteiger partial charge in [-0.15, -0.1) is 23.1 Å². The van der Waals surface area contributed by atoms with Crippen molar-refractivity contribution >= 4 is 51.4 Å². The zero-order valence-electron chi connectivity index (χ0n) is 20.5. The zero-order valence-corrected chi connectivity index (χ0v) is 22.2. The van der Waals surface area contributed by atoms with Crippen LogP contribution in [0.1, 0.15) is 23.7 Å². The van der Waals surface area contributed by atoms with Crippen molar-refractivity contribution in [3.63, 3.8) is 0 Å². The van der Waals surface area contributed by atoms with Crippen LogP contribution in [0.25, 0.3) is 11.3 Å².